The third kappa shape index (κ3) is 80.2. The second-order valence-corrected chi connectivity index (χ2v) is 20.7. The van der Waals surface area contributed by atoms with E-state index in [0.29, 0.717) is 5.96 Å². The summed E-state index contributed by atoms with van der Waals surface area (Å²) in [5.74, 6) is 0.653. The molecule has 1 aliphatic rings. The second kappa shape index (κ2) is 26.0. The first kappa shape index (κ1) is 45.8. The van der Waals surface area contributed by atoms with Crippen LogP contribution in [0.15, 0.2) is 4.99 Å². The summed E-state index contributed by atoms with van der Waals surface area (Å²) in [6, 6.07) is 0.792. The van der Waals surface area contributed by atoms with Crippen molar-refractivity contribution in [3.63, 3.8) is 0 Å². The smallest absolute Gasteiger partial charge is 0.550 e. The van der Waals surface area contributed by atoms with E-state index in [9.17, 15) is 0 Å². The Morgan fingerprint density at radius 3 is 1.13 bits per heavy atom. The minimum absolute atomic E-state index is 0. The Bertz CT molecular complexity index is 340. The van der Waals surface area contributed by atoms with E-state index in [1.165, 1.54) is 12.8 Å². The van der Waals surface area contributed by atoms with Crippen LogP contribution in [0, 0.1) is 13.1 Å². The third-order valence-corrected chi connectivity index (χ3v) is 1.95. The van der Waals surface area contributed by atoms with E-state index in [0.717, 1.165) is 13.2 Å². The zero-order valence-electron chi connectivity index (χ0n) is 23.6. The van der Waals surface area contributed by atoms with Crippen molar-refractivity contribution in [3.05, 3.63) is 23.7 Å². The predicted octanol–water partition coefficient (Wildman–Crippen LogP) is 1.51. The van der Waals surface area contributed by atoms with Gasteiger partial charge in [0.05, 0.1) is 0 Å². The molecule has 0 radical (unpaired) electrons. The van der Waals surface area contributed by atoms with Crippen LogP contribution in [-0.2, 0) is 21.8 Å². The second-order valence-electron chi connectivity index (χ2n) is 10.4. The molecule has 1 fully saturated rings. The molecule has 9 heteroatoms. The van der Waals surface area contributed by atoms with Crippen LogP contribution >= 0.6 is 0 Å². The molecule has 4 nitrogen and oxygen atoms in total. The van der Waals surface area contributed by atoms with Gasteiger partial charge in [-0.2, -0.15) is 5.96 Å². The summed E-state index contributed by atoms with van der Waals surface area (Å²) in [5, 5.41) is 8.68. The largest absolute Gasteiger partial charge is 2.00 e. The summed E-state index contributed by atoms with van der Waals surface area (Å²) >= 11 is 0. The molecule has 1 rings (SSSR count). The summed E-state index contributed by atoms with van der Waals surface area (Å²) in [5.41, 5.74) is 0. The van der Waals surface area contributed by atoms with Gasteiger partial charge in [-0.1, -0.05) is 99.0 Å². The maximum atomic E-state index is 4.94. The Kier molecular flexibility index (Phi) is 38.4. The number of hydrogen-bond donors (Lipinski definition) is 0. The van der Waals surface area contributed by atoms with E-state index < -0.39 is 16.1 Å². The average molecular weight is 500 g/mol. The summed E-state index contributed by atoms with van der Waals surface area (Å²) in [7, 11) is -1.72. The molecule has 0 atom stereocenters. The number of nitrogens with zero attached hydrogens (tertiary/aromatic N) is 3. The van der Waals surface area contributed by atoms with Gasteiger partial charge in [-0.05, 0) is 12.8 Å². The maximum Gasteiger partial charge on any atom is 2.00 e. The molecule has 178 valence electrons. The fourth-order valence-corrected chi connectivity index (χ4v) is 1.30. The molecular formula is C22H51FeLi2N3OSi2. The van der Waals surface area contributed by atoms with E-state index in [2.05, 4.69) is 68.0 Å². The Balaban J connectivity index is -0.0000000729. The van der Waals surface area contributed by atoms with Crippen LogP contribution in [0.3, 0.4) is 0 Å². The van der Waals surface area contributed by atoms with Gasteiger partial charge in [-0.3, -0.25) is 0 Å². The van der Waals surface area contributed by atoms with Crippen molar-refractivity contribution in [2.45, 2.75) is 112 Å². The summed E-state index contributed by atoms with van der Waals surface area (Å²) < 4.78 is 4.94. The standard InChI is InChI=1S/C10H21N3.C4H8O.2C4H11Si.Fe.2Li/c1-7(2)11-10(12-8(3)4)13-9(5)6;1-2-4-5-3-1;2*1-5(2,3)4;;;/h7-9H,1-6H3;1-4H2;2*1H2,2-4H3;;;/q-2;;2*-1;+2;2*+1. The molecule has 0 bridgehead atoms. The Labute approximate surface area is 233 Å². The van der Waals surface area contributed by atoms with Gasteiger partial charge in [0.2, 0.25) is 0 Å². The molecule has 0 amide bonds. The molecule has 0 aromatic heterocycles. The predicted molar refractivity (Wildman–Crippen MR) is 137 cm³/mol. The van der Waals surface area contributed by atoms with Crippen molar-refractivity contribution in [3.8, 4) is 0 Å². The Morgan fingerprint density at radius 2 is 1.00 bits per heavy atom. The average Bonchev–Trinajstić information content (AvgIpc) is 2.89. The van der Waals surface area contributed by atoms with Gasteiger partial charge in [-0.25, -0.2) is 0 Å². The molecule has 1 aliphatic heterocycles. The third-order valence-electron chi connectivity index (χ3n) is 1.95. The van der Waals surface area contributed by atoms with Crippen molar-refractivity contribution in [1.82, 2.24) is 0 Å². The van der Waals surface area contributed by atoms with Crippen LogP contribution in [0.25, 0.3) is 10.6 Å². The Hall–Kier alpha value is 1.38. The topological polar surface area (TPSA) is 49.8 Å². The van der Waals surface area contributed by atoms with Crippen LogP contribution in [0.4, 0.5) is 0 Å². The van der Waals surface area contributed by atoms with Gasteiger partial charge >= 0.3 is 54.8 Å². The number of guanidine groups is 1. The van der Waals surface area contributed by atoms with E-state index in [1.807, 2.05) is 41.5 Å². The van der Waals surface area contributed by atoms with Gasteiger partial charge in [0.1, 0.15) is 0 Å². The van der Waals surface area contributed by atoms with Crippen molar-refractivity contribution in [2.24, 2.45) is 4.99 Å². The van der Waals surface area contributed by atoms with Crippen LogP contribution in [0.2, 0.25) is 39.3 Å². The molecular weight excluding hydrogens is 448 g/mol. The van der Waals surface area contributed by atoms with Gasteiger partial charge in [-0.15, -0.1) is 16.1 Å². The van der Waals surface area contributed by atoms with Gasteiger partial charge < -0.3 is 33.5 Å². The van der Waals surface area contributed by atoms with Crippen molar-refractivity contribution >= 4 is 22.1 Å². The number of aliphatic imine (C=N–C) groups is 1. The van der Waals surface area contributed by atoms with Crippen molar-refractivity contribution < 1.29 is 59.5 Å². The van der Waals surface area contributed by atoms with Crippen molar-refractivity contribution in [2.75, 3.05) is 13.2 Å². The Morgan fingerprint density at radius 1 is 0.742 bits per heavy atom. The quantitative estimate of drug-likeness (QED) is 0.252. The van der Waals surface area contributed by atoms with E-state index in [-0.39, 0.29) is 72.9 Å². The minimum atomic E-state index is -0.861. The first-order valence-electron chi connectivity index (χ1n) is 10.7. The molecule has 0 unspecified atom stereocenters. The number of ether oxygens (including phenoxy) is 1. The van der Waals surface area contributed by atoms with Gasteiger partial charge in [0.25, 0.3) is 0 Å². The van der Waals surface area contributed by atoms with Gasteiger partial charge in [0.15, 0.2) is 0 Å². The van der Waals surface area contributed by atoms with E-state index in [1.54, 1.807) is 0 Å². The summed E-state index contributed by atoms with van der Waals surface area (Å²) in [6.07, 6.45) is 2.56. The first-order valence-corrected chi connectivity index (χ1v) is 18.1. The minimum Gasteiger partial charge on any atom is -0.550 e. The van der Waals surface area contributed by atoms with Crippen LogP contribution in [0.1, 0.15) is 54.4 Å². The molecule has 31 heavy (non-hydrogen) atoms. The zero-order chi connectivity index (χ0) is 23.0. The molecule has 0 aromatic rings. The number of hydrogen-bond acceptors (Lipinski definition) is 2. The fourth-order valence-electron chi connectivity index (χ4n) is 1.30. The zero-order valence-corrected chi connectivity index (χ0v) is 26.7. The summed E-state index contributed by atoms with van der Waals surface area (Å²) in [4.78, 5) is 4.34. The fraction of sp³-hybridized carbons (Fsp3) is 0.864. The molecule has 0 spiro atoms. The molecule has 0 aromatic carbocycles. The van der Waals surface area contributed by atoms with Crippen LogP contribution < -0.4 is 37.7 Å². The molecule has 0 saturated carbocycles. The van der Waals surface area contributed by atoms with E-state index in [4.69, 9.17) is 4.74 Å². The first-order chi connectivity index (χ1) is 12.4. The SMILES string of the molecule is C1CCOC1.CC(C)N=C([N-]C(C)C)[N-]C(C)C.[CH2-][Si](C)(C)C.[CH2-][Si](C)(C)C.[Fe+2].[Li+].[Li+]. The molecule has 0 aliphatic carbocycles. The maximum absolute atomic E-state index is 4.94. The van der Waals surface area contributed by atoms with Gasteiger partial charge in [0, 0.05) is 13.2 Å². The number of rotatable bonds is 3. The van der Waals surface area contributed by atoms with Crippen LogP contribution in [0.5, 0.6) is 0 Å². The van der Waals surface area contributed by atoms with E-state index >= 15 is 0 Å². The monoisotopic (exact) mass is 499 g/mol. The molecule has 0 N–H and O–H groups in total. The molecule has 1 heterocycles. The normalized spacial score (nSPS) is 12.3. The van der Waals surface area contributed by atoms with Crippen LogP contribution in [-0.4, -0.2) is 53.4 Å². The molecule has 1 saturated heterocycles. The summed E-state index contributed by atoms with van der Waals surface area (Å²) in [6.45, 7) is 35.3. The van der Waals surface area contributed by atoms with Crippen molar-refractivity contribution in [1.29, 1.82) is 0 Å².